The maximum Gasteiger partial charge on any atom is 0.282 e. The van der Waals surface area contributed by atoms with Crippen molar-refractivity contribution < 1.29 is 14.4 Å². The summed E-state index contributed by atoms with van der Waals surface area (Å²) in [6.45, 7) is 8.98. The van der Waals surface area contributed by atoms with E-state index in [2.05, 4.69) is 18.9 Å². The molecule has 0 fully saturated rings. The molecule has 4 aromatic carbocycles. The van der Waals surface area contributed by atoms with Crippen LogP contribution in [0.3, 0.4) is 0 Å². The lowest BCUT2D eigenvalue weighted by atomic mass is 9.96. The summed E-state index contributed by atoms with van der Waals surface area (Å²) in [5, 5.41) is 15.9. The molecule has 0 aliphatic heterocycles. The van der Waals surface area contributed by atoms with Crippen LogP contribution in [0.1, 0.15) is 48.9 Å². The summed E-state index contributed by atoms with van der Waals surface area (Å²) in [6.07, 6.45) is 1.62. The normalized spacial score (nSPS) is 11.4. The van der Waals surface area contributed by atoms with Gasteiger partial charge in [0.15, 0.2) is 5.82 Å². The summed E-state index contributed by atoms with van der Waals surface area (Å²) in [5.74, 6) is 2.11. The van der Waals surface area contributed by atoms with E-state index in [4.69, 9.17) is 14.5 Å². The number of fused-ring (bicyclic) bond motifs is 1. The average Bonchev–Trinajstić information content (AvgIpc) is 3.00. The van der Waals surface area contributed by atoms with Crippen LogP contribution in [-0.2, 0) is 6.61 Å². The molecule has 43 heavy (non-hydrogen) atoms. The van der Waals surface area contributed by atoms with E-state index in [0.29, 0.717) is 29.1 Å². The van der Waals surface area contributed by atoms with E-state index in [9.17, 15) is 14.9 Å². The SMILES string of the molecule is CCOc1cc(C)c(-c2nc3ccccc3c(=O)n2N=Cc2ccc(OCc3ccc([N+](=O)[O-])cc3)cc2)cc1C(C)C. The number of nitro groups is 1. The number of ether oxygens (including phenoxy) is 2. The molecular formula is C34H32N4O5. The van der Waals surface area contributed by atoms with Crippen LogP contribution in [0.2, 0.25) is 0 Å². The molecule has 9 heteroatoms. The molecule has 0 aliphatic carbocycles. The molecule has 0 saturated heterocycles. The van der Waals surface area contributed by atoms with Crippen molar-refractivity contribution in [3.05, 3.63) is 128 Å². The number of hydrogen-bond donors (Lipinski definition) is 0. The van der Waals surface area contributed by atoms with E-state index in [1.54, 1.807) is 36.5 Å². The fourth-order valence-corrected chi connectivity index (χ4v) is 4.73. The van der Waals surface area contributed by atoms with E-state index >= 15 is 0 Å². The highest BCUT2D eigenvalue weighted by atomic mass is 16.6. The minimum Gasteiger partial charge on any atom is -0.494 e. The standard InChI is InChI=1S/C34H32N4O5/c1-5-42-32-18-23(4)30(19-29(32)22(2)3)33-36-31-9-7-6-8-28(31)34(39)37(33)35-20-24-12-16-27(17-13-24)43-21-25-10-14-26(15-11-25)38(40)41/h6-20,22H,5,21H2,1-4H3. The molecule has 1 aromatic heterocycles. The summed E-state index contributed by atoms with van der Waals surface area (Å²) >= 11 is 0. The Morgan fingerprint density at radius 1 is 1.00 bits per heavy atom. The molecule has 0 bridgehead atoms. The molecule has 0 amide bonds. The number of aryl methyl sites for hydroxylation is 1. The molecule has 0 radical (unpaired) electrons. The molecule has 0 atom stereocenters. The first-order chi connectivity index (χ1) is 20.7. The Balaban J connectivity index is 1.46. The van der Waals surface area contributed by atoms with Crippen molar-refractivity contribution in [2.24, 2.45) is 5.10 Å². The molecule has 0 saturated carbocycles. The van der Waals surface area contributed by atoms with Crippen LogP contribution in [-0.4, -0.2) is 27.4 Å². The third-order valence-electron chi connectivity index (χ3n) is 7.03. The molecule has 5 rings (SSSR count). The second kappa shape index (κ2) is 12.7. The Labute approximate surface area is 249 Å². The van der Waals surface area contributed by atoms with Crippen LogP contribution >= 0.6 is 0 Å². The third kappa shape index (κ3) is 6.46. The summed E-state index contributed by atoms with van der Waals surface area (Å²) in [7, 11) is 0. The number of aromatic nitrogens is 2. The van der Waals surface area contributed by atoms with Crippen molar-refractivity contribution >= 4 is 22.8 Å². The van der Waals surface area contributed by atoms with Gasteiger partial charge in [-0.15, -0.1) is 0 Å². The van der Waals surface area contributed by atoms with Gasteiger partial charge in [0, 0.05) is 17.7 Å². The van der Waals surface area contributed by atoms with Gasteiger partial charge in [0.25, 0.3) is 11.2 Å². The van der Waals surface area contributed by atoms with E-state index in [1.807, 2.05) is 56.3 Å². The maximum atomic E-state index is 13.7. The van der Waals surface area contributed by atoms with Crippen LogP contribution in [0.4, 0.5) is 5.69 Å². The second-order valence-corrected chi connectivity index (χ2v) is 10.4. The molecule has 0 unspecified atom stereocenters. The Hall–Kier alpha value is -5.31. The number of rotatable bonds is 10. The Morgan fingerprint density at radius 2 is 1.72 bits per heavy atom. The zero-order chi connectivity index (χ0) is 30.5. The number of hydrogen-bond acceptors (Lipinski definition) is 7. The van der Waals surface area contributed by atoms with E-state index < -0.39 is 4.92 Å². The van der Waals surface area contributed by atoms with Crippen molar-refractivity contribution in [3.8, 4) is 22.9 Å². The lowest BCUT2D eigenvalue weighted by molar-refractivity contribution is -0.384. The number of nitrogens with zero attached hydrogens (tertiary/aromatic N) is 4. The minimum atomic E-state index is -0.432. The first-order valence-corrected chi connectivity index (χ1v) is 14.0. The van der Waals surface area contributed by atoms with Gasteiger partial charge >= 0.3 is 0 Å². The van der Waals surface area contributed by atoms with E-state index in [1.165, 1.54) is 16.8 Å². The quantitative estimate of drug-likeness (QED) is 0.0983. The Morgan fingerprint density at radius 3 is 2.40 bits per heavy atom. The summed E-state index contributed by atoms with van der Waals surface area (Å²) < 4.78 is 13.1. The molecule has 0 aliphatic rings. The summed E-state index contributed by atoms with van der Waals surface area (Å²) in [6, 6.07) is 24.8. The number of para-hydroxylation sites is 1. The van der Waals surface area contributed by atoms with Gasteiger partial charge in [-0.1, -0.05) is 26.0 Å². The van der Waals surface area contributed by atoms with Gasteiger partial charge < -0.3 is 9.47 Å². The predicted octanol–water partition coefficient (Wildman–Crippen LogP) is 7.26. The highest BCUT2D eigenvalue weighted by Gasteiger charge is 2.18. The highest BCUT2D eigenvalue weighted by Crippen LogP contribution is 2.34. The highest BCUT2D eigenvalue weighted by molar-refractivity contribution is 5.82. The molecule has 0 N–H and O–H groups in total. The molecule has 0 spiro atoms. The lowest BCUT2D eigenvalue weighted by Gasteiger charge is -2.18. The van der Waals surface area contributed by atoms with Gasteiger partial charge in [0.1, 0.15) is 18.1 Å². The van der Waals surface area contributed by atoms with E-state index in [-0.39, 0.29) is 23.8 Å². The fourth-order valence-electron chi connectivity index (χ4n) is 4.73. The first-order valence-electron chi connectivity index (χ1n) is 14.0. The molecular weight excluding hydrogens is 544 g/mol. The van der Waals surface area contributed by atoms with E-state index in [0.717, 1.165) is 33.6 Å². The second-order valence-electron chi connectivity index (χ2n) is 10.4. The van der Waals surface area contributed by atoms with Crippen LogP contribution < -0.4 is 15.0 Å². The van der Waals surface area contributed by atoms with Gasteiger partial charge in [0.2, 0.25) is 0 Å². The monoisotopic (exact) mass is 576 g/mol. The van der Waals surface area contributed by atoms with Gasteiger partial charge in [-0.25, -0.2) is 4.98 Å². The molecule has 5 aromatic rings. The smallest absolute Gasteiger partial charge is 0.282 e. The molecule has 218 valence electrons. The van der Waals surface area contributed by atoms with Crippen molar-refractivity contribution in [2.45, 2.75) is 40.2 Å². The first kappa shape index (κ1) is 29.2. The molecule has 9 nitrogen and oxygen atoms in total. The van der Waals surface area contributed by atoms with Crippen LogP contribution in [0.5, 0.6) is 11.5 Å². The number of non-ortho nitro benzene ring substituents is 1. The van der Waals surface area contributed by atoms with Gasteiger partial charge in [-0.05, 0) is 103 Å². The largest absolute Gasteiger partial charge is 0.494 e. The number of benzene rings is 4. The van der Waals surface area contributed by atoms with Gasteiger partial charge in [-0.2, -0.15) is 9.78 Å². The number of nitro benzene ring substituents is 1. The summed E-state index contributed by atoms with van der Waals surface area (Å²) in [4.78, 5) is 29.0. The van der Waals surface area contributed by atoms with Crippen LogP contribution in [0, 0.1) is 17.0 Å². The van der Waals surface area contributed by atoms with Crippen LogP contribution in [0.25, 0.3) is 22.3 Å². The average molecular weight is 577 g/mol. The summed E-state index contributed by atoms with van der Waals surface area (Å²) in [5.41, 5.74) is 4.72. The van der Waals surface area contributed by atoms with Crippen molar-refractivity contribution in [3.63, 3.8) is 0 Å². The topological polar surface area (TPSA) is 109 Å². The van der Waals surface area contributed by atoms with Gasteiger partial charge in [-0.3, -0.25) is 14.9 Å². The zero-order valence-electron chi connectivity index (χ0n) is 24.5. The minimum absolute atomic E-state index is 0.0364. The van der Waals surface area contributed by atoms with Crippen molar-refractivity contribution in [2.75, 3.05) is 6.61 Å². The Kier molecular flexibility index (Phi) is 8.61. The zero-order valence-corrected chi connectivity index (χ0v) is 24.5. The predicted molar refractivity (Wildman–Crippen MR) is 168 cm³/mol. The van der Waals surface area contributed by atoms with Gasteiger partial charge in [0.05, 0.1) is 28.6 Å². The Bertz CT molecular complexity index is 1860. The molecule has 1 heterocycles. The lowest BCUT2D eigenvalue weighted by Crippen LogP contribution is -2.20. The van der Waals surface area contributed by atoms with Crippen LogP contribution in [0.15, 0.2) is 94.8 Å². The van der Waals surface area contributed by atoms with Crippen molar-refractivity contribution in [1.29, 1.82) is 0 Å². The fraction of sp³-hybridized carbons (Fsp3) is 0.206. The maximum absolute atomic E-state index is 13.7. The third-order valence-corrected chi connectivity index (χ3v) is 7.03. The van der Waals surface area contributed by atoms with Crippen molar-refractivity contribution in [1.82, 2.24) is 9.66 Å².